The molecule has 1 amide bonds. The zero-order chi connectivity index (χ0) is 17.1. The molecule has 0 aromatic heterocycles. The van der Waals surface area contributed by atoms with Crippen LogP contribution in [0.15, 0.2) is 51.8 Å². The van der Waals surface area contributed by atoms with Crippen LogP contribution in [0.4, 0.5) is 0 Å². The lowest BCUT2D eigenvalue weighted by atomic mass is 10.1. The molecule has 0 unspecified atom stereocenters. The van der Waals surface area contributed by atoms with Crippen molar-refractivity contribution >= 4 is 56.2 Å². The SMILES string of the molecule is O=C1NC(=S)S/C1=C\c1ccc(O)cc1OCc1ccccc1Br. The number of thioether (sulfide) groups is 1. The number of thiocarbonyl (C=S) groups is 1. The Morgan fingerprint density at radius 3 is 2.79 bits per heavy atom. The van der Waals surface area contributed by atoms with Crippen molar-refractivity contribution in [2.24, 2.45) is 0 Å². The predicted molar refractivity (Wildman–Crippen MR) is 103 cm³/mol. The minimum absolute atomic E-state index is 0.0957. The van der Waals surface area contributed by atoms with E-state index in [1.807, 2.05) is 24.3 Å². The third kappa shape index (κ3) is 3.98. The van der Waals surface area contributed by atoms with Gasteiger partial charge in [0.05, 0.1) is 4.91 Å². The zero-order valence-corrected chi connectivity index (χ0v) is 15.5. The van der Waals surface area contributed by atoms with E-state index in [9.17, 15) is 9.90 Å². The molecule has 0 saturated carbocycles. The largest absolute Gasteiger partial charge is 0.508 e. The summed E-state index contributed by atoms with van der Waals surface area (Å²) in [5.74, 6) is 0.359. The van der Waals surface area contributed by atoms with Gasteiger partial charge in [0.25, 0.3) is 5.91 Å². The van der Waals surface area contributed by atoms with E-state index in [0.717, 1.165) is 10.0 Å². The zero-order valence-electron chi connectivity index (χ0n) is 12.3. The van der Waals surface area contributed by atoms with Gasteiger partial charge < -0.3 is 15.2 Å². The molecule has 4 nitrogen and oxygen atoms in total. The van der Waals surface area contributed by atoms with Gasteiger partial charge in [0.15, 0.2) is 0 Å². The van der Waals surface area contributed by atoms with Crippen LogP contribution in [0.1, 0.15) is 11.1 Å². The van der Waals surface area contributed by atoms with Gasteiger partial charge in [0.1, 0.15) is 22.4 Å². The first-order chi connectivity index (χ1) is 11.5. The second kappa shape index (κ2) is 7.38. The highest BCUT2D eigenvalue weighted by atomic mass is 79.9. The fourth-order valence-electron chi connectivity index (χ4n) is 2.10. The van der Waals surface area contributed by atoms with Crippen LogP contribution in [0.5, 0.6) is 11.5 Å². The van der Waals surface area contributed by atoms with Crippen molar-refractivity contribution in [2.75, 3.05) is 0 Å². The second-order valence-electron chi connectivity index (χ2n) is 4.95. The van der Waals surface area contributed by atoms with E-state index >= 15 is 0 Å². The van der Waals surface area contributed by atoms with Gasteiger partial charge in [-0.1, -0.05) is 58.1 Å². The normalized spacial score (nSPS) is 15.6. The Hall–Kier alpha value is -1.83. The van der Waals surface area contributed by atoms with Crippen LogP contribution < -0.4 is 10.1 Å². The van der Waals surface area contributed by atoms with Gasteiger partial charge >= 0.3 is 0 Å². The number of phenols is 1. The van der Waals surface area contributed by atoms with E-state index in [1.165, 1.54) is 17.8 Å². The van der Waals surface area contributed by atoms with Gasteiger partial charge in [-0.3, -0.25) is 4.79 Å². The molecule has 1 heterocycles. The van der Waals surface area contributed by atoms with Gasteiger partial charge in [0, 0.05) is 21.7 Å². The van der Waals surface area contributed by atoms with Crippen LogP contribution in [0, 0.1) is 0 Å². The molecule has 1 aliphatic heterocycles. The highest BCUT2D eigenvalue weighted by Gasteiger charge is 2.22. The lowest BCUT2D eigenvalue weighted by Gasteiger charge is -2.11. The summed E-state index contributed by atoms with van der Waals surface area (Å²) in [6.07, 6.45) is 1.70. The molecular formula is C17H12BrNO3S2. The lowest BCUT2D eigenvalue weighted by molar-refractivity contribution is -0.115. The molecule has 2 aromatic rings. The maximum Gasteiger partial charge on any atom is 0.263 e. The molecule has 7 heteroatoms. The van der Waals surface area contributed by atoms with Gasteiger partial charge in [-0.15, -0.1) is 0 Å². The standard InChI is InChI=1S/C17H12BrNO3S2/c18-13-4-2-1-3-11(13)9-22-14-8-12(20)6-5-10(14)7-15-16(21)19-17(23)24-15/h1-8,20H,9H2,(H,19,21,23)/b15-7-. The molecule has 1 aliphatic rings. The fourth-order valence-corrected chi connectivity index (χ4v) is 3.53. The molecule has 2 aromatic carbocycles. The minimum Gasteiger partial charge on any atom is -0.508 e. The van der Waals surface area contributed by atoms with Crippen molar-refractivity contribution in [1.82, 2.24) is 5.32 Å². The van der Waals surface area contributed by atoms with Crippen LogP contribution in [-0.4, -0.2) is 15.3 Å². The summed E-state index contributed by atoms with van der Waals surface area (Å²) in [6.45, 7) is 0.332. The number of rotatable bonds is 4. The molecule has 0 bridgehead atoms. The van der Waals surface area contributed by atoms with Crippen molar-refractivity contribution in [3.8, 4) is 11.5 Å². The first-order valence-electron chi connectivity index (χ1n) is 6.97. The Morgan fingerprint density at radius 2 is 2.08 bits per heavy atom. The van der Waals surface area contributed by atoms with E-state index < -0.39 is 0 Å². The summed E-state index contributed by atoms with van der Waals surface area (Å²) in [5.41, 5.74) is 1.68. The van der Waals surface area contributed by atoms with Crippen LogP contribution in [0.2, 0.25) is 0 Å². The highest BCUT2D eigenvalue weighted by Crippen LogP contribution is 2.32. The van der Waals surface area contributed by atoms with E-state index in [-0.39, 0.29) is 11.7 Å². The molecule has 0 atom stereocenters. The molecule has 0 radical (unpaired) electrons. The van der Waals surface area contributed by atoms with Gasteiger partial charge in [0.2, 0.25) is 0 Å². The lowest BCUT2D eigenvalue weighted by Crippen LogP contribution is -2.17. The molecule has 122 valence electrons. The third-order valence-corrected chi connectivity index (χ3v) is 5.20. The molecule has 3 rings (SSSR count). The van der Waals surface area contributed by atoms with E-state index in [2.05, 4.69) is 21.2 Å². The minimum atomic E-state index is -0.227. The van der Waals surface area contributed by atoms with E-state index in [0.29, 0.717) is 27.1 Å². The van der Waals surface area contributed by atoms with Crippen molar-refractivity contribution in [3.63, 3.8) is 0 Å². The summed E-state index contributed by atoms with van der Waals surface area (Å²) in [7, 11) is 0. The highest BCUT2D eigenvalue weighted by molar-refractivity contribution is 9.10. The Morgan fingerprint density at radius 1 is 1.29 bits per heavy atom. The fraction of sp³-hybridized carbons (Fsp3) is 0.0588. The first-order valence-corrected chi connectivity index (χ1v) is 8.99. The molecule has 0 aliphatic carbocycles. The maximum atomic E-state index is 11.8. The number of ether oxygens (including phenoxy) is 1. The Bertz CT molecular complexity index is 851. The second-order valence-corrected chi connectivity index (χ2v) is 7.53. The molecule has 1 saturated heterocycles. The van der Waals surface area contributed by atoms with E-state index in [4.69, 9.17) is 17.0 Å². The van der Waals surface area contributed by atoms with Gasteiger partial charge in [-0.05, 0) is 24.3 Å². The Balaban J connectivity index is 1.86. The number of halogens is 1. The van der Waals surface area contributed by atoms with Crippen LogP contribution >= 0.6 is 39.9 Å². The number of carbonyl (C=O) groups excluding carboxylic acids is 1. The number of benzene rings is 2. The quantitative estimate of drug-likeness (QED) is 0.571. The number of hydrogen-bond donors (Lipinski definition) is 2. The smallest absolute Gasteiger partial charge is 0.263 e. The number of aromatic hydroxyl groups is 1. The number of carbonyl (C=O) groups is 1. The van der Waals surface area contributed by atoms with Crippen molar-refractivity contribution in [2.45, 2.75) is 6.61 Å². The Kier molecular flexibility index (Phi) is 5.23. The number of amides is 1. The Labute approximate surface area is 157 Å². The molecular weight excluding hydrogens is 410 g/mol. The van der Waals surface area contributed by atoms with E-state index in [1.54, 1.807) is 18.2 Å². The molecule has 1 fully saturated rings. The van der Waals surface area contributed by atoms with Crippen molar-refractivity contribution in [3.05, 3.63) is 63.0 Å². The summed E-state index contributed by atoms with van der Waals surface area (Å²) in [6, 6.07) is 12.5. The van der Waals surface area contributed by atoms with Crippen LogP contribution in [-0.2, 0) is 11.4 Å². The third-order valence-electron chi connectivity index (χ3n) is 3.27. The monoisotopic (exact) mass is 421 g/mol. The average molecular weight is 422 g/mol. The van der Waals surface area contributed by atoms with Crippen LogP contribution in [0.3, 0.4) is 0 Å². The molecule has 24 heavy (non-hydrogen) atoms. The van der Waals surface area contributed by atoms with Crippen LogP contribution in [0.25, 0.3) is 6.08 Å². The summed E-state index contributed by atoms with van der Waals surface area (Å²) >= 11 is 9.67. The summed E-state index contributed by atoms with van der Waals surface area (Å²) in [5, 5.41) is 12.3. The maximum absolute atomic E-state index is 11.8. The van der Waals surface area contributed by atoms with Crippen molar-refractivity contribution < 1.29 is 14.6 Å². The van der Waals surface area contributed by atoms with Gasteiger partial charge in [-0.2, -0.15) is 0 Å². The number of nitrogens with one attached hydrogen (secondary N) is 1. The number of hydrogen-bond acceptors (Lipinski definition) is 5. The molecule has 0 spiro atoms. The average Bonchev–Trinajstić information content (AvgIpc) is 2.86. The topological polar surface area (TPSA) is 58.6 Å². The first kappa shape index (κ1) is 17.0. The van der Waals surface area contributed by atoms with Gasteiger partial charge in [-0.25, -0.2) is 0 Å². The predicted octanol–water partition coefficient (Wildman–Crippen LogP) is 4.22. The molecule has 2 N–H and O–H groups in total. The number of phenolic OH excluding ortho intramolecular Hbond substituents is 1. The summed E-state index contributed by atoms with van der Waals surface area (Å²) < 4.78 is 7.23. The summed E-state index contributed by atoms with van der Waals surface area (Å²) in [4.78, 5) is 12.3. The van der Waals surface area contributed by atoms with Crippen molar-refractivity contribution in [1.29, 1.82) is 0 Å².